The van der Waals surface area contributed by atoms with Gasteiger partial charge in [0.1, 0.15) is 28.9 Å². The van der Waals surface area contributed by atoms with Gasteiger partial charge in [-0.3, -0.25) is 9.78 Å². The fourth-order valence-electron chi connectivity index (χ4n) is 5.59. The molecule has 1 atom stereocenters. The number of methoxy groups -OCH3 is 1. The molecule has 0 saturated carbocycles. The number of amides is 1. The lowest BCUT2D eigenvalue weighted by molar-refractivity contribution is 0.0658. The number of pyridine rings is 2. The minimum atomic E-state index is -0.486. The van der Waals surface area contributed by atoms with E-state index in [4.69, 9.17) is 4.74 Å². The molecular formula is C32H35FN8O3. The summed E-state index contributed by atoms with van der Waals surface area (Å²) in [5.41, 5.74) is 3.09. The number of likely N-dealkylation sites (N-methyl/N-ethyl adjacent to an activating group) is 1. The number of aliphatic hydroxyl groups is 1. The third-order valence-electron chi connectivity index (χ3n) is 8.03. The van der Waals surface area contributed by atoms with Gasteiger partial charge < -0.3 is 29.9 Å². The minimum Gasteiger partial charge on any atom is -0.496 e. The second-order valence-electron chi connectivity index (χ2n) is 11.1. The van der Waals surface area contributed by atoms with Gasteiger partial charge >= 0.3 is 0 Å². The van der Waals surface area contributed by atoms with E-state index >= 15 is 0 Å². The molecule has 228 valence electrons. The summed E-state index contributed by atoms with van der Waals surface area (Å²) >= 11 is 0. The largest absolute Gasteiger partial charge is 0.496 e. The molecule has 44 heavy (non-hydrogen) atoms. The molecule has 2 aliphatic heterocycles. The number of aliphatic hydroxyl groups excluding tert-OH is 1. The lowest BCUT2D eigenvalue weighted by Gasteiger charge is -2.33. The van der Waals surface area contributed by atoms with Crippen LogP contribution in [-0.4, -0.2) is 100 Å². The van der Waals surface area contributed by atoms with Crippen LogP contribution in [0.25, 0.3) is 22.5 Å². The van der Waals surface area contributed by atoms with E-state index in [9.17, 15) is 14.3 Å². The molecule has 2 fully saturated rings. The predicted molar refractivity (Wildman–Crippen MR) is 166 cm³/mol. The van der Waals surface area contributed by atoms with Gasteiger partial charge in [-0.1, -0.05) is 12.1 Å². The van der Waals surface area contributed by atoms with E-state index in [1.54, 1.807) is 42.9 Å². The van der Waals surface area contributed by atoms with Crippen molar-refractivity contribution in [3.8, 4) is 28.3 Å². The van der Waals surface area contributed by atoms with Crippen molar-refractivity contribution in [3.63, 3.8) is 0 Å². The molecule has 3 aromatic heterocycles. The number of carbonyl (C=O) groups is 1. The maximum absolute atomic E-state index is 14.7. The van der Waals surface area contributed by atoms with E-state index in [2.05, 4.69) is 42.1 Å². The number of carbonyl (C=O) groups excluding carboxylic acids is 1. The molecule has 0 radical (unpaired) electrons. The van der Waals surface area contributed by atoms with E-state index in [-0.39, 0.29) is 17.3 Å². The molecule has 11 nitrogen and oxygen atoms in total. The predicted octanol–water partition coefficient (Wildman–Crippen LogP) is 3.84. The van der Waals surface area contributed by atoms with E-state index in [0.717, 1.165) is 49.3 Å². The first kappa shape index (κ1) is 29.4. The summed E-state index contributed by atoms with van der Waals surface area (Å²) in [6.07, 6.45) is 6.15. The van der Waals surface area contributed by atoms with E-state index in [1.165, 1.54) is 13.2 Å². The number of piperidine rings is 1. The summed E-state index contributed by atoms with van der Waals surface area (Å²) < 4.78 is 20.0. The van der Waals surface area contributed by atoms with Gasteiger partial charge in [0.2, 0.25) is 0 Å². The SMILES string of the molecule is COc1cccc(F)c1-c1nccc(Nc2cc(N3CCC[C@H](O)C3)c(-c3ccc(C(=O)N4CCN(C)CC4)nc3)cn2)n1. The standard InChI is InChI=1S/C32H35FN8O3/c1-39-13-15-40(16-14-39)32(43)25-9-8-21(18-35-25)23-19-36-29(17-26(23)41-12-4-5-22(42)20-41)37-28-10-11-34-31(38-28)30-24(33)6-3-7-27(30)44-2/h3,6-11,17-19,22,42H,4-5,12-16,20H2,1-2H3,(H,34,36,37,38)/t22-/m0/s1. The molecule has 4 aromatic rings. The average molecular weight is 599 g/mol. The van der Waals surface area contributed by atoms with Crippen LogP contribution in [0.15, 0.2) is 61.1 Å². The number of hydrogen-bond donors (Lipinski definition) is 2. The number of aromatic nitrogens is 4. The molecule has 1 aromatic carbocycles. The van der Waals surface area contributed by atoms with Crippen molar-refractivity contribution in [1.29, 1.82) is 0 Å². The Labute approximate surface area is 255 Å². The first-order chi connectivity index (χ1) is 21.4. The number of anilines is 3. The number of β-amino-alcohol motifs (C(OH)–C–C–N with tert-alkyl or cyclic N) is 1. The Bertz CT molecular complexity index is 1630. The number of nitrogens with one attached hydrogen (secondary N) is 1. The molecule has 0 bridgehead atoms. The first-order valence-corrected chi connectivity index (χ1v) is 14.7. The Kier molecular flexibility index (Phi) is 8.62. The maximum atomic E-state index is 14.7. The van der Waals surface area contributed by atoms with Crippen LogP contribution >= 0.6 is 0 Å². The number of rotatable bonds is 7. The maximum Gasteiger partial charge on any atom is 0.272 e. The van der Waals surface area contributed by atoms with Crippen molar-refractivity contribution in [2.24, 2.45) is 0 Å². The highest BCUT2D eigenvalue weighted by Crippen LogP contribution is 2.35. The number of nitrogens with zero attached hydrogens (tertiary/aromatic N) is 7. The molecule has 2 N–H and O–H groups in total. The summed E-state index contributed by atoms with van der Waals surface area (Å²) in [4.78, 5) is 37.2. The van der Waals surface area contributed by atoms with Crippen molar-refractivity contribution < 1.29 is 19.0 Å². The van der Waals surface area contributed by atoms with Gasteiger partial charge in [-0.25, -0.2) is 19.3 Å². The van der Waals surface area contributed by atoms with Crippen LogP contribution in [0, 0.1) is 5.82 Å². The van der Waals surface area contributed by atoms with Crippen molar-refractivity contribution in [3.05, 3.63) is 72.6 Å². The van der Waals surface area contributed by atoms with Crippen LogP contribution in [0.3, 0.4) is 0 Å². The number of piperazine rings is 1. The number of ether oxygens (including phenoxy) is 1. The van der Waals surface area contributed by atoms with Crippen LogP contribution in [0.5, 0.6) is 5.75 Å². The zero-order chi connectivity index (χ0) is 30.6. The summed E-state index contributed by atoms with van der Waals surface area (Å²) in [5, 5.41) is 13.7. The highest BCUT2D eigenvalue weighted by Gasteiger charge is 2.24. The molecule has 0 unspecified atom stereocenters. The molecule has 1 amide bonds. The molecule has 5 heterocycles. The zero-order valence-electron chi connectivity index (χ0n) is 24.8. The average Bonchev–Trinajstić information content (AvgIpc) is 3.05. The molecule has 0 aliphatic carbocycles. The Morgan fingerprint density at radius 2 is 1.86 bits per heavy atom. The van der Waals surface area contributed by atoms with Gasteiger partial charge in [-0.2, -0.15) is 0 Å². The smallest absolute Gasteiger partial charge is 0.272 e. The lowest BCUT2D eigenvalue weighted by Crippen LogP contribution is -2.47. The molecule has 6 rings (SSSR count). The molecule has 2 saturated heterocycles. The van der Waals surface area contributed by atoms with Gasteiger partial charge in [-0.05, 0) is 44.2 Å². The van der Waals surface area contributed by atoms with Crippen molar-refractivity contribution in [1.82, 2.24) is 29.7 Å². The fraction of sp³-hybridized carbons (Fsp3) is 0.344. The molecule has 12 heteroatoms. The monoisotopic (exact) mass is 598 g/mol. The van der Waals surface area contributed by atoms with E-state index in [1.807, 2.05) is 17.0 Å². The zero-order valence-corrected chi connectivity index (χ0v) is 24.8. The third-order valence-corrected chi connectivity index (χ3v) is 8.03. The summed E-state index contributed by atoms with van der Waals surface area (Å²) in [6.45, 7) is 4.30. The molecule has 0 spiro atoms. The third kappa shape index (κ3) is 6.31. The van der Waals surface area contributed by atoms with Crippen LogP contribution in [0.4, 0.5) is 21.7 Å². The van der Waals surface area contributed by atoms with Crippen LogP contribution in [0.1, 0.15) is 23.3 Å². The van der Waals surface area contributed by atoms with Crippen molar-refractivity contribution >= 4 is 23.2 Å². The number of benzene rings is 1. The number of hydrogen-bond acceptors (Lipinski definition) is 10. The van der Waals surface area contributed by atoms with Crippen molar-refractivity contribution in [2.45, 2.75) is 18.9 Å². The quantitative estimate of drug-likeness (QED) is 0.325. The first-order valence-electron chi connectivity index (χ1n) is 14.7. The highest BCUT2D eigenvalue weighted by atomic mass is 19.1. The normalized spacial score (nSPS) is 17.4. The van der Waals surface area contributed by atoms with E-state index in [0.29, 0.717) is 42.7 Å². The van der Waals surface area contributed by atoms with Crippen LogP contribution < -0.4 is 15.0 Å². The highest BCUT2D eigenvalue weighted by molar-refractivity contribution is 5.93. The Hall–Kier alpha value is -4.68. The van der Waals surface area contributed by atoms with Gasteiger partial charge in [0.15, 0.2) is 5.82 Å². The second kappa shape index (κ2) is 12.9. The second-order valence-corrected chi connectivity index (χ2v) is 11.1. The van der Waals surface area contributed by atoms with Gasteiger partial charge in [0.05, 0.1) is 18.8 Å². The Morgan fingerprint density at radius 3 is 2.61 bits per heavy atom. The van der Waals surface area contributed by atoms with Gasteiger partial charge in [-0.15, -0.1) is 0 Å². The van der Waals surface area contributed by atoms with Crippen LogP contribution in [0.2, 0.25) is 0 Å². The van der Waals surface area contributed by atoms with E-state index < -0.39 is 11.9 Å². The Balaban J connectivity index is 1.29. The number of halogens is 1. The summed E-state index contributed by atoms with van der Waals surface area (Å²) in [5.74, 6) is 0.903. The van der Waals surface area contributed by atoms with Crippen molar-refractivity contribution in [2.75, 3.05) is 63.6 Å². The van der Waals surface area contributed by atoms with Gasteiger partial charge in [0.25, 0.3) is 5.91 Å². The molecule has 2 aliphatic rings. The summed E-state index contributed by atoms with van der Waals surface area (Å²) in [6, 6.07) is 11.8. The minimum absolute atomic E-state index is 0.0704. The van der Waals surface area contributed by atoms with Crippen LogP contribution in [-0.2, 0) is 0 Å². The lowest BCUT2D eigenvalue weighted by atomic mass is 10.0. The topological polar surface area (TPSA) is 120 Å². The molecular weight excluding hydrogens is 563 g/mol. The summed E-state index contributed by atoms with van der Waals surface area (Å²) in [7, 11) is 3.52. The fourth-order valence-corrected chi connectivity index (χ4v) is 5.59. The Morgan fingerprint density at radius 1 is 1.02 bits per heavy atom. The van der Waals surface area contributed by atoms with Gasteiger partial charge in [0, 0.05) is 80.7 Å².